The van der Waals surface area contributed by atoms with Crippen molar-refractivity contribution in [2.24, 2.45) is 5.92 Å². The lowest BCUT2D eigenvalue weighted by molar-refractivity contribution is -0.146. The van der Waals surface area contributed by atoms with Gasteiger partial charge in [-0.25, -0.2) is 19.2 Å². The quantitative estimate of drug-likeness (QED) is 0.0640. The van der Waals surface area contributed by atoms with Gasteiger partial charge in [0.25, 0.3) is 0 Å². The van der Waals surface area contributed by atoms with E-state index in [1.165, 1.54) is 12.1 Å². The topological polar surface area (TPSA) is 196 Å². The number of allylic oxidation sites excluding steroid dienone is 1. The SMILES string of the molecule is CCOC(=O)C(CC(C)C)NC(=O)NC1=CC(Br)C(C)(O)C(Br)=C1.CCOC(=O)C(Cc1ccccc1)NC(=O)Nc1ccc(O)cc1O. The molecular weight excluding hydrogens is 768 g/mol. The average Bonchev–Trinajstić information content (AvgIpc) is 3.02. The van der Waals surface area contributed by atoms with E-state index in [9.17, 15) is 34.5 Å². The van der Waals surface area contributed by atoms with Gasteiger partial charge in [-0.2, -0.15) is 0 Å². The molecule has 0 aromatic heterocycles. The summed E-state index contributed by atoms with van der Waals surface area (Å²) in [7, 11) is 0. The van der Waals surface area contributed by atoms with Gasteiger partial charge in [-0.3, -0.25) is 0 Å². The molecule has 3 rings (SSSR count). The minimum Gasteiger partial charge on any atom is -0.508 e. The van der Waals surface area contributed by atoms with Crippen LogP contribution in [0.15, 0.2) is 70.9 Å². The van der Waals surface area contributed by atoms with E-state index in [1.54, 1.807) is 32.9 Å². The second-order valence-electron chi connectivity index (χ2n) is 11.5. The molecule has 0 fully saturated rings. The fourth-order valence-electron chi connectivity index (χ4n) is 4.34. The Morgan fingerprint density at radius 2 is 1.47 bits per heavy atom. The van der Waals surface area contributed by atoms with E-state index in [2.05, 4.69) is 53.1 Å². The number of halogens is 2. The number of aliphatic hydroxyl groups is 1. The van der Waals surface area contributed by atoms with E-state index in [-0.39, 0.29) is 47.6 Å². The molecule has 4 atom stereocenters. The van der Waals surface area contributed by atoms with Crippen molar-refractivity contribution in [3.05, 3.63) is 76.4 Å². The van der Waals surface area contributed by atoms with Gasteiger partial charge in [0.1, 0.15) is 29.2 Å². The summed E-state index contributed by atoms with van der Waals surface area (Å²) >= 11 is 6.67. The molecular formula is C34H44Br2N4O9. The number of urea groups is 2. The van der Waals surface area contributed by atoms with Crippen molar-refractivity contribution >= 4 is 61.5 Å². The van der Waals surface area contributed by atoms with Crippen molar-refractivity contribution in [2.45, 2.75) is 70.0 Å². The van der Waals surface area contributed by atoms with E-state index in [4.69, 9.17) is 9.47 Å². The van der Waals surface area contributed by atoms with Crippen LogP contribution in [-0.2, 0) is 25.5 Å². The lowest BCUT2D eigenvalue weighted by Gasteiger charge is -2.31. The third kappa shape index (κ3) is 13.8. The lowest BCUT2D eigenvalue weighted by Crippen LogP contribution is -2.47. The first kappa shape index (κ1) is 41.1. The van der Waals surface area contributed by atoms with E-state index in [0.29, 0.717) is 16.6 Å². The van der Waals surface area contributed by atoms with Gasteiger partial charge < -0.3 is 46.1 Å². The van der Waals surface area contributed by atoms with Gasteiger partial charge in [0.15, 0.2) is 0 Å². The molecule has 0 aliphatic heterocycles. The van der Waals surface area contributed by atoms with Gasteiger partial charge >= 0.3 is 24.0 Å². The monoisotopic (exact) mass is 810 g/mol. The number of phenolic OH excluding ortho intramolecular Hbond substituents is 2. The molecule has 7 N–H and O–H groups in total. The van der Waals surface area contributed by atoms with Crippen molar-refractivity contribution in [1.29, 1.82) is 0 Å². The van der Waals surface area contributed by atoms with Crippen LogP contribution < -0.4 is 21.3 Å². The Hall–Kier alpha value is -4.08. The average molecular weight is 813 g/mol. The van der Waals surface area contributed by atoms with Crippen molar-refractivity contribution in [3.63, 3.8) is 0 Å². The Balaban J connectivity index is 0.000000341. The van der Waals surface area contributed by atoms with Crippen LogP contribution in [0, 0.1) is 5.92 Å². The van der Waals surface area contributed by atoms with Gasteiger partial charge in [-0.1, -0.05) is 76.0 Å². The molecule has 15 heteroatoms. The number of rotatable bonds is 12. The van der Waals surface area contributed by atoms with Gasteiger partial charge in [-0.15, -0.1) is 0 Å². The number of hydrogen-bond acceptors (Lipinski definition) is 9. The Morgan fingerprint density at radius 1 is 0.898 bits per heavy atom. The zero-order valence-corrected chi connectivity index (χ0v) is 31.1. The minimum atomic E-state index is -1.09. The van der Waals surface area contributed by atoms with Crippen LogP contribution in [0.2, 0.25) is 0 Å². The van der Waals surface area contributed by atoms with E-state index in [1.807, 2.05) is 44.2 Å². The Labute approximate surface area is 302 Å². The van der Waals surface area contributed by atoms with Crippen molar-refractivity contribution in [3.8, 4) is 11.5 Å². The highest BCUT2D eigenvalue weighted by atomic mass is 79.9. The summed E-state index contributed by atoms with van der Waals surface area (Å²) < 4.78 is 10.5. The van der Waals surface area contributed by atoms with Crippen LogP contribution in [0.5, 0.6) is 11.5 Å². The van der Waals surface area contributed by atoms with Gasteiger partial charge in [0, 0.05) is 22.7 Å². The van der Waals surface area contributed by atoms with Crippen LogP contribution in [0.3, 0.4) is 0 Å². The second kappa shape index (κ2) is 19.8. The molecule has 1 aliphatic rings. The molecule has 4 amide bonds. The van der Waals surface area contributed by atoms with Crippen LogP contribution in [0.25, 0.3) is 0 Å². The molecule has 49 heavy (non-hydrogen) atoms. The van der Waals surface area contributed by atoms with Gasteiger partial charge in [0.05, 0.1) is 23.7 Å². The number of nitrogens with one attached hydrogen (secondary N) is 4. The van der Waals surface area contributed by atoms with E-state index < -0.39 is 41.7 Å². The highest BCUT2D eigenvalue weighted by molar-refractivity contribution is 9.12. The third-order valence-electron chi connectivity index (χ3n) is 6.86. The number of hydrogen-bond donors (Lipinski definition) is 7. The molecule has 0 spiro atoms. The summed E-state index contributed by atoms with van der Waals surface area (Å²) in [6, 6.07) is 10.2. The zero-order chi connectivity index (χ0) is 36.7. The molecule has 0 saturated carbocycles. The molecule has 2 aromatic rings. The summed E-state index contributed by atoms with van der Waals surface area (Å²) in [5, 5.41) is 39.5. The first-order valence-corrected chi connectivity index (χ1v) is 17.3. The number of alkyl halides is 1. The smallest absolute Gasteiger partial charge is 0.329 e. The van der Waals surface area contributed by atoms with E-state index >= 15 is 0 Å². The van der Waals surface area contributed by atoms with Gasteiger partial charge in [-0.05, 0) is 63.0 Å². The molecule has 0 bridgehead atoms. The van der Waals surface area contributed by atoms with Crippen molar-refractivity contribution in [1.82, 2.24) is 16.0 Å². The third-order valence-corrected chi connectivity index (χ3v) is 9.05. The second-order valence-corrected chi connectivity index (χ2v) is 13.3. The maximum absolute atomic E-state index is 12.2. The number of anilines is 1. The standard InChI is InChI=1S/C18H20N2O5.C16H24Br2N2O4/c1-2-25-17(23)15(10-12-6-4-3-5-7-12)20-18(24)19-14-9-8-13(21)11-16(14)22;1-5-24-14(21)11(6-9(2)3)20-15(22)19-10-7-12(17)16(4,23)13(18)8-10/h3-9,11,15,21-22H,2,10H2,1H3,(H2,19,20,24);7-9,11-12,23H,5-6H2,1-4H3,(H2,19,20,22). The highest BCUT2D eigenvalue weighted by Gasteiger charge is 2.35. The molecule has 13 nitrogen and oxygen atoms in total. The Kier molecular flexibility index (Phi) is 16.6. The van der Waals surface area contributed by atoms with Crippen LogP contribution in [-0.4, -0.2) is 75.0 Å². The molecule has 0 heterocycles. The summed E-state index contributed by atoms with van der Waals surface area (Å²) in [4.78, 5) is 48.0. The molecule has 0 radical (unpaired) electrons. The molecule has 0 saturated heterocycles. The number of carbonyl (C=O) groups excluding carboxylic acids is 4. The maximum atomic E-state index is 12.2. The molecule has 4 unspecified atom stereocenters. The predicted molar refractivity (Wildman–Crippen MR) is 192 cm³/mol. The first-order valence-electron chi connectivity index (χ1n) is 15.6. The van der Waals surface area contributed by atoms with E-state index in [0.717, 1.165) is 11.6 Å². The maximum Gasteiger partial charge on any atom is 0.329 e. The highest BCUT2D eigenvalue weighted by Crippen LogP contribution is 2.35. The number of carbonyl (C=O) groups is 4. The largest absolute Gasteiger partial charge is 0.508 e. The molecule has 1 aliphatic carbocycles. The van der Waals surface area contributed by atoms with Crippen LogP contribution in [0.1, 0.15) is 46.6 Å². The van der Waals surface area contributed by atoms with Gasteiger partial charge in [0.2, 0.25) is 0 Å². The summed E-state index contributed by atoms with van der Waals surface area (Å²) in [6.45, 7) is 9.46. The summed E-state index contributed by atoms with van der Waals surface area (Å²) in [6.07, 6.45) is 4.07. The number of aromatic hydroxyl groups is 2. The summed E-state index contributed by atoms with van der Waals surface area (Å²) in [5.41, 5.74) is 0.401. The Bertz CT molecular complexity index is 1500. The summed E-state index contributed by atoms with van der Waals surface area (Å²) in [5.74, 6) is -1.18. The predicted octanol–water partition coefficient (Wildman–Crippen LogP) is 5.35. The first-order chi connectivity index (χ1) is 23.1. The molecule has 268 valence electrons. The number of ether oxygens (including phenoxy) is 2. The fourth-order valence-corrected chi connectivity index (χ4v) is 5.67. The number of esters is 2. The molecule has 2 aromatic carbocycles. The number of benzene rings is 2. The lowest BCUT2D eigenvalue weighted by atomic mass is 9.96. The van der Waals surface area contributed by atoms with Crippen LogP contribution in [0.4, 0.5) is 15.3 Å². The van der Waals surface area contributed by atoms with Crippen LogP contribution >= 0.6 is 31.9 Å². The normalized spacial score (nSPS) is 17.9. The number of phenols is 2. The zero-order valence-electron chi connectivity index (χ0n) is 28.0. The number of amides is 4. The van der Waals surface area contributed by atoms with Crippen molar-refractivity contribution in [2.75, 3.05) is 18.5 Å². The minimum absolute atomic E-state index is 0.109. The Morgan fingerprint density at radius 3 is 2.02 bits per heavy atom. The fraction of sp³-hybridized carbons (Fsp3) is 0.412. The van der Waals surface area contributed by atoms with Crippen molar-refractivity contribution < 1.29 is 44.0 Å².